The van der Waals surface area contributed by atoms with Crippen molar-refractivity contribution in [3.63, 3.8) is 0 Å². The van der Waals surface area contributed by atoms with E-state index in [2.05, 4.69) is 31.3 Å². The number of aromatic nitrogens is 1. The normalized spacial score (nSPS) is 27.6. The smallest absolute Gasteiger partial charge is 0.243 e. The fraction of sp³-hybridized carbons (Fsp3) is 0.375. The molecule has 1 saturated heterocycles. The molecular formula is C24H25BrF2N6O2S. The molecule has 8 nitrogen and oxygen atoms in total. The van der Waals surface area contributed by atoms with Gasteiger partial charge in [0, 0.05) is 49.4 Å². The fourth-order valence-corrected chi connectivity index (χ4v) is 6.60. The summed E-state index contributed by atoms with van der Waals surface area (Å²) in [5.41, 5.74) is 1.19. The third kappa shape index (κ3) is 4.57. The minimum atomic E-state index is -3.99. The second-order valence-corrected chi connectivity index (χ2v) is 12.1. The van der Waals surface area contributed by atoms with E-state index >= 15 is 0 Å². The number of rotatable bonds is 5. The van der Waals surface area contributed by atoms with E-state index in [-0.39, 0.29) is 22.2 Å². The number of fused-ring (bicyclic) bond motifs is 1. The molecule has 3 aliphatic rings. The van der Waals surface area contributed by atoms with Gasteiger partial charge in [0.25, 0.3) is 0 Å². The van der Waals surface area contributed by atoms with Crippen LogP contribution in [0.2, 0.25) is 0 Å². The first kappa shape index (κ1) is 25.0. The molecule has 0 bridgehead atoms. The minimum Gasteiger partial charge on any atom is -0.363 e. The quantitative estimate of drug-likeness (QED) is 0.547. The molecule has 1 N–H and O–H groups in total. The Hall–Kier alpha value is -2.70. The second kappa shape index (κ2) is 9.64. The summed E-state index contributed by atoms with van der Waals surface area (Å²) in [6.07, 6.45) is 8.58. The van der Waals surface area contributed by atoms with Gasteiger partial charge in [0.1, 0.15) is 11.5 Å². The van der Waals surface area contributed by atoms with Crippen LogP contribution >= 0.6 is 15.9 Å². The van der Waals surface area contributed by atoms with Crippen LogP contribution in [-0.4, -0.2) is 58.3 Å². The lowest BCUT2D eigenvalue weighted by Gasteiger charge is -2.45. The average molecular weight is 579 g/mol. The molecule has 3 unspecified atom stereocenters. The average Bonchev–Trinajstić information content (AvgIpc) is 3.19. The van der Waals surface area contributed by atoms with Crippen molar-refractivity contribution in [2.75, 3.05) is 13.1 Å². The maximum absolute atomic E-state index is 13.8. The molecule has 1 fully saturated rings. The molecule has 0 amide bonds. The highest BCUT2D eigenvalue weighted by atomic mass is 79.9. The molecule has 5 rings (SSSR count). The van der Waals surface area contributed by atoms with Crippen LogP contribution in [0.25, 0.3) is 0 Å². The molecule has 36 heavy (non-hydrogen) atoms. The third-order valence-corrected chi connectivity index (χ3v) is 9.68. The summed E-state index contributed by atoms with van der Waals surface area (Å²) in [4.78, 5) is 8.57. The first-order valence-corrected chi connectivity index (χ1v) is 13.9. The Morgan fingerprint density at radius 1 is 1.28 bits per heavy atom. The van der Waals surface area contributed by atoms with Crippen LogP contribution < -0.4 is 5.32 Å². The monoisotopic (exact) mass is 578 g/mol. The van der Waals surface area contributed by atoms with E-state index in [1.807, 2.05) is 30.1 Å². The maximum Gasteiger partial charge on any atom is 0.243 e. The van der Waals surface area contributed by atoms with Gasteiger partial charge in [-0.05, 0) is 49.6 Å². The van der Waals surface area contributed by atoms with Crippen LogP contribution in [0.4, 0.5) is 8.78 Å². The van der Waals surface area contributed by atoms with E-state index in [0.717, 1.165) is 35.9 Å². The largest absolute Gasteiger partial charge is 0.363 e. The van der Waals surface area contributed by atoms with E-state index in [0.29, 0.717) is 25.3 Å². The summed E-state index contributed by atoms with van der Waals surface area (Å²) in [5.74, 6) is -1.75. The van der Waals surface area contributed by atoms with E-state index in [1.54, 1.807) is 18.6 Å². The van der Waals surface area contributed by atoms with Gasteiger partial charge in [-0.25, -0.2) is 22.2 Å². The molecule has 3 atom stereocenters. The lowest BCUT2D eigenvalue weighted by molar-refractivity contribution is 0.178. The number of piperidine rings is 1. The Morgan fingerprint density at radius 2 is 2.11 bits per heavy atom. The minimum absolute atomic E-state index is 0.108. The zero-order valence-corrected chi connectivity index (χ0v) is 21.9. The summed E-state index contributed by atoms with van der Waals surface area (Å²) in [6, 6.07) is 6.48. The lowest BCUT2D eigenvalue weighted by atomic mass is 9.92. The number of alkyl halides is 1. The highest BCUT2D eigenvalue weighted by Gasteiger charge is 2.48. The number of nitrogens with one attached hydrogen (secondary N) is 1. The Bertz CT molecular complexity index is 1350. The van der Waals surface area contributed by atoms with E-state index in [9.17, 15) is 17.2 Å². The van der Waals surface area contributed by atoms with Gasteiger partial charge >= 0.3 is 0 Å². The number of pyridine rings is 1. The molecule has 4 heterocycles. The van der Waals surface area contributed by atoms with Crippen molar-refractivity contribution in [3.8, 4) is 0 Å². The van der Waals surface area contributed by atoms with Crippen LogP contribution in [0.5, 0.6) is 0 Å². The second-order valence-electron chi connectivity index (χ2n) is 9.16. The van der Waals surface area contributed by atoms with Crippen molar-refractivity contribution in [1.29, 1.82) is 0 Å². The first-order valence-electron chi connectivity index (χ1n) is 11.6. The molecule has 1 aromatic carbocycles. The number of sulfonamides is 1. The van der Waals surface area contributed by atoms with Crippen LogP contribution in [0.15, 0.2) is 69.5 Å². The van der Waals surface area contributed by atoms with Crippen molar-refractivity contribution in [2.24, 2.45) is 16.0 Å². The van der Waals surface area contributed by atoms with Gasteiger partial charge in [0.15, 0.2) is 11.6 Å². The summed E-state index contributed by atoms with van der Waals surface area (Å²) >= 11 is 3.68. The summed E-state index contributed by atoms with van der Waals surface area (Å²) in [5, 5.41) is 9.91. The molecule has 3 aliphatic heterocycles. The van der Waals surface area contributed by atoms with E-state index in [4.69, 9.17) is 4.99 Å². The Kier molecular flexibility index (Phi) is 6.69. The molecule has 0 aliphatic carbocycles. The van der Waals surface area contributed by atoms with E-state index in [1.165, 1.54) is 4.31 Å². The summed E-state index contributed by atoms with van der Waals surface area (Å²) in [6.45, 7) is 2.94. The van der Waals surface area contributed by atoms with Gasteiger partial charge in [-0.1, -0.05) is 22.0 Å². The predicted molar refractivity (Wildman–Crippen MR) is 136 cm³/mol. The van der Waals surface area contributed by atoms with Gasteiger partial charge in [-0.3, -0.25) is 9.98 Å². The highest BCUT2D eigenvalue weighted by Crippen LogP contribution is 2.36. The zero-order chi connectivity index (χ0) is 25.5. The zero-order valence-electron chi connectivity index (χ0n) is 19.5. The fourth-order valence-electron chi connectivity index (χ4n) is 4.65. The van der Waals surface area contributed by atoms with Gasteiger partial charge in [0.2, 0.25) is 10.0 Å². The number of amidine groups is 1. The standard InChI is InChI=1S/C24H25BrF2N6O2S/c1-24-22(25)14-30-33(24)23(29-13-16-4-2-8-28-12-16)11-21(31-24)17-5-3-9-32(15-17)36(34,35)18-6-7-19(26)20(27)10-18/h2,4,6-8,10-12,14,17,22,31H,3,5,9,13,15H2,1H3. The van der Waals surface area contributed by atoms with Crippen LogP contribution in [0, 0.1) is 17.6 Å². The number of halogens is 3. The number of hydrogen-bond acceptors (Lipinski definition) is 6. The molecule has 0 radical (unpaired) electrons. The Labute approximate surface area is 217 Å². The maximum atomic E-state index is 13.8. The van der Waals surface area contributed by atoms with Crippen LogP contribution in [0.1, 0.15) is 25.3 Å². The van der Waals surface area contributed by atoms with E-state index < -0.39 is 27.3 Å². The van der Waals surface area contributed by atoms with Crippen LogP contribution in [0.3, 0.4) is 0 Å². The number of aliphatic imine (C=N–C) groups is 1. The number of hydrazone groups is 1. The lowest BCUT2D eigenvalue weighted by Crippen LogP contribution is -2.62. The number of hydrogen-bond donors (Lipinski definition) is 1. The van der Waals surface area contributed by atoms with Gasteiger partial charge in [0.05, 0.1) is 16.3 Å². The number of nitrogens with zero attached hydrogens (tertiary/aromatic N) is 5. The van der Waals surface area contributed by atoms with Crippen LogP contribution in [-0.2, 0) is 16.6 Å². The summed E-state index contributed by atoms with van der Waals surface area (Å²) < 4.78 is 55.0. The first-order chi connectivity index (χ1) is 17.2. The highest BCUT2D eigenvalue weighted by molar-refractivity contribution is 9.10. The molecule has 0 saturated carbocycles. The van der Waals surface area contributed by atoms with Gasteiger partial charge in [-0.15, -0.1) is 0 Å². The van der Waals surface area contributed by atoms with Gasteiger partial charge < -0.3 is 5.32 Å². The Morgan fingerprint density at radius 3 is 2.86 bits per heavy atom. The molecule has 2 aromatic rings. The van der Waals surface area contributed by atoms with Crippen molar-refractivity contribution in [3.05, 3.63) is 71.7 Å². The SMILES string of the molecule is CC12NC(C3CCCN(S(=O)(=O)c4ccc(F)c(F)c4)C3)=CC(=NCc3cccnc3)N1N=CC2Br. The molecule has 12 heteroatoms. The predicted octanol–water partition coefficient (Wildman–Crippen LogP) is 3.63. The molecule has 0 spiro atoms. The molecule has 1 aromatic heterocycles. The van der Waals surface area contributed by atoms with Crippen molar-refractivity contribution in [2.45, 2.75) is 41.7 Å². The van der Waals surface area contributed by atoms with Crippen molar-refractivity contribution in [1.82, 2.24) is 19.6 Å². The third-order valence-electron chi connectivity index (χ3n) is 6.69. The van der Waals surface area contributed by atoms with Crippen molar-refractivity contribution >= 4 is 38.0 Å². The van der Waals surface area contributed by atoms with Crippen molar-refractivity contribution < 1.29 is 17.2 Å². The molecule has 190 valence electrons. The van der Waals surface area contributed by atoms with Gasteiger partial charge in [-0.2, -0.15) is 9.41 Å². The Balaban J connectivity index is 1.43. The summed E-state index contributed by atoms with van der Waals surface area (Å²) in [7, 11) is -3.99. The topological polar surface area (TPSA) is 90.3 Å². The molecular weight excluding hydrogens is 554 g/mol. The number of benzene rings is 1.